The van der Waals surface area contributed by atoms with E-state index in [4.69, 9.17) is 4.74 Å². The smallest absolute Gasteiger partial charge is 0.173 e. The molecule has 1 unspecified atom stereocenters. The zero-order valence-corrected chi connectivity index (χ0v) is 11.8. The summed E-state index contributed by atoms with van der Waals surface area (Å²) in [5.74, 6) is 0.578. The first-order chi connectivity index (χ1) is 9.46. The fourth-order valence-electron chi connectivity index (χ4n) is 3.09. The van der Waals surface area contributed by atoms with Crippen molar-refractivity contribution in [1.82, 2.24) is 0 Å². The molecule has 2 aliphatic rings. The van der Waals surface area contributed by atoms with Crippen molar-refractivity contribution in [3.63, 3.8) is 0 Å². The highest BCUT2D eigenvalue weighted by atomic mass is 16.5. The number of hydrogen-bond donors (Lipinski definition) is 0. The van der Waals surface area contributed by atoms with Crippen LogP contribution < -0.4 is 0 Å². The summed E-state index contributed by atoms with van der Waals surface area (Å²) in [6.07, 6.45) is 1.33. The van der Waals surface area contributed by atoms with E-state index in [0.717, 1.165) is 5.56 Å². The van der Waals surface area contributed by atoms with Crippen molar-refractivity contribution in [2.75, 3.05) is 0 Å². The van der Waals surface area contributed by atoms with Gasteiger partial charge in [-0.25, -0.2) is 0 Å². The monoisotopic (exact) mass is 270 g/mol. The van der Waals surface area contributed by atoms with Crippen molar-refractivity contribution < 1.29 is 14.3 Å². The van der Waals surface area contributed by atoms with Crippen LogP contribution in [0.2, 0.25) is 0 Å². The van der Waals surface area contributed by atoms with Gasteiger partial charge in [0, 0.05) is 12.8 Å². The molecule has 0 fully saturated rings. The first-order valence-corrected chi connectivity index (χ1v) is 7.00. The molecule has 0 bridgehead atoms. The Bertz CT molecular complexity index is 596. The molecule has 3 rings (SSSR count). The van der Waals surface area contributed by atoms with Gasteiger partial charge in [0.15, 0.2) is 11.6 Å². The van der Waals surface area contributed by atoms with Gasteiger partial charge in [0.25, 0.3) is 0 Å². The zero-order valence-electron chi connectivity index (χ0n) is 11.8. The van der Waals surface area contributed by atoms with Gasteiger partial charge in [-0.2, -0.15) is 0 Å². The Morgan fingerprint density at radius 3 is 2.45 bits per heavy atom. The highest BCUT2D eigenvalue weighted by Gasteiger charge is 2.41. The average Bonchev–Trinajstić information content (AvgIpc) is 2.37. The van der Waals surface area contributed by atoms with Gasteiger partial charge in [-0.15, -0.1) is 0 Å². The summed E-state index contributed by atoms with van der Waals surface area (Å²) in [4.78, 5) is 24.4. The molecule has 1 heterocycles. The highest BCUT2D eigenvalue weighted by Crippen LogP contribution is 2.41. The Morgan fingerprint density at radius 2 is 1.75 bits per heavy atom. The Labute approximate surface area is 118 Å². The van der Waals surface area contributed by atoms with E-state index in [0.29, 0.717) is 24.2 Å². The number of allylic oxidation sites excluding steroid dienone is 2. The third kappa shape index (κ3) is 2.28. The second-order valence-electron chi connectivity index (χ2n) is 6.20. The second kappa shape index (κ2) is 4.58. The number of ether oxygens (including phenoxy) is 1. The van der Waals surface area contributed by atoms with Crippen molar-refractivity contribution in [3.8, 4) is 0 Å². The lowest BCUT2D eigenvalue weighted by molar-refractivity contribution is -0.129. The summed E-state index contributed by atoms with van der Waals surface area (Å²) in [6, 6.07) is 9.96. The molecule has 3 heteroatoms. The standard InChI is InChI=1S/C17H18O3/c1-17(2)10-14(19)16-13(18)8-12(9-15(16)20-17)11-6-4-3-5-7-11/h3-7,12H,8-10H2,1-2H3. The zero-order chi connectivity index (χ0) is 14.3. The molecule has 0 radical (unpaired) electrons. The molecule has 0 N–H and O–H groups in total. The number of benzene rings is 1. The summed E-state index contributed by atoms with van der Waals surface area (Å²) in [6.45, 7) is 3.79. The van der Waals surface area contributed by atoms with Gasteiger partial charge >= 0.3 is 0 Å². The number of carbonyl (C=O) groups excluding carboxylic acids is 2. The van der Waals surface area contributed by atoms with Crippen molar-refractivity contribution in [2.24, 2.45) is 0 Å². The molecule has 1 aromatic rings. The van der Waals surface area contributed by atoms with Crippen LogP contribution in [0.3, 0.4) is 0 Å². The summed E-state index contributed by atoms with van der Waals surface area (Å²) in [7, 11) is 0. The van der Waals surface area contributed by atoms with Crippen LogP contribution in [-0.4, -0.2) is 17.2 Å². The van der Waals surface area contributed by atoms with Crippen molar-refractivity contribution in [3.05, 3.63) is 47.2 Å². The molecule has 3 nitrogen and oxygen atoms in total. The summed E-state index contributed by atoms with van der Waals surface area (Å²) in [5.41, 5.74) is 0.942. The predicted octanol–water partition coefficient (Wildman–Crippen LogP) is 3.16. The van der Waals surface area contributed by atoms with Crippen molar-refractivity contribution in [1.29, 1.82) is 0 Å². The van der Waals surface area contributed by atoms with E-state index >= 15 is 0 Å². The molecular formula is C17H18O3. The Morgan fingerprint density at radius 1 is 1.05 bits per heavy atom. The first kappa shape index (κ1) is 13.1. The van der Waals surface area contributed by atoms with Crippen molar-refractivity contribution >= 4 is 11.6 Å². The number of Topliss-reactive ketones (excluding diaryl/α,β-unsaturated/α-hetero) is 2. The van der Waals surface area contributed by atoms with Crippen LogP contribution in [0.4, 0.5) is 0 Å². The van der Waals surface area contributed by atoms with Gasteiger partial charge < -0.3 is 4.74 Å². The van der Waals surface area contributed by atoms with Crippen LogP contribution in [-0.2, 0) is 14.3 Å². The van der Waals surface area contributed by atoms with Gasteiger partial charge in [-0.1, -0.05) is 30.3 Å². The fourth-order valence-corrected chi connectivity index (χ4v) is 3.09. The maximum atomic E-state index is 12.3. The number of rotatable bonds is 1. The SMILES string of the molecule is CC1(C)CC(=O)C2=C(CC(c3ccccc3)CC2=O)O1. The number of hydrogen-bond acceptors (Lipinski definition) is 3. The minimum atomic E-state index is -0.505. The largest absolute Gasteiger partial charge is 0.491 e. The molecular weight excluding hydrogens is 252 g/mol. The van der Waals surface area contributed by atoms with Crippen LogP contribution in [0.5, 0.6) is 0 Å². The molecule has 1 aromatic carbocycles. The summed E-state index contributed by atoms with van der Waals surface area (Å²) >= 11 is 0. The van der Waals surface area contributed by atoms with E-state index in [2.05, 4.69) is 0 Å². The van der Waals surface area contributed by atoms with E-state index in [1.807, 2.05) is 44.2 Å². The minimum absolute atomic E-state index is 0.0623. The Hall–Kier alpha value is -1.90. The van der Waals surface area contributed by atoms with E-state index in [1.54, 1.807) is 0 Å². The fraction of sp³-hybridized carbons (Fsp3) is 0.412. The van der Waals surface area contributed by atoms with Crippen LogP contribution in [0, 0.1) is 0 Å². The van der Waals surface area contributed by atoms with E-state index in [-0.39, 0.29) is 23.9 Å². The van der Waals surface area contributed by atoms with Crippen LogP contribution in [0.15, 0.2) is 41.7 Å². The number of carbonyl (C=O) groups is 2. The molecule has 1 aliphatic carbocycles. The molecule has 0 saturated carbocycles. The highest BCUT2D eigenvalue weighted by molar-refractivity contribution is 6.21. The normalized spacial score (nSPS) is 25.2. The Balaban J connectivity index is 1.95. The van der Waals surface area contributed by atoms with E-state index in [1.165, 1.54) is 0 Å². The minimum Gasteiger partial charge on any atom is -0.491 e. The third-order valence-electron chi connectivity index (χ3n) is 3.96. The first-order valence-electron chi connectivity index (χ1n) is 7.00. The molecule has 104 valence electrons. The molecule has 0 aromatic heterocycles. The van der Waals surface area contributed by atoms with Gasteiger partial charge in [0.1, 0.15) is 11.4 Å². The summed E-state index contributed by atoms with van der Waals surface area (Å²) < 4.78 is 5.91. The molecule has 20 heavy (non-hydrogen) atoms. The third-order valence-corrected chi connectivity index (χ3v) is 3.96. The van der Waals surface area contributed by atoms with E-state index < -0.39 is 5.60 Å². The van der Waals surface area contributed by atoms with Gasteiger partial charge in [-0.3, -0.25) is 9.59 Å². The molecule has 0 spiro atoms. The van der Waals surface area contributed by atoms with Crippen LogP contribution in [0.1, 0.15) is 44.6 Å². The molecule has 0 saturated heterocycles. The van der Waals surface area contributed by atoms with Crippen molar-refractivity contribution in [2.45, 2.75) is 44.6 Å². The number of ketones is 2. The quantitative estimate of drug-likeness (QED) is 0.736. The Kier molecular flexibility index (Phi) is 3.00. The maximum absolute atomic E-state index is 12.3. The van der Waals surface area contributed by atoms with Crippen LogP contribution >= 0.6 is 0 Å². The summed E-state index contributed by atoms with van der Waals surface area (Å²) in [5, 5.41) is 0. The lowest BCUT2D eigenvalue weighted by atomic mass is 9.78. The lowest BCUT2D eigenvalue weighted by Crippen LogP contribution is -2.38. The van der Waals surface area contributed by atoms with Gasteiger partial charge in [-0.05, 0) is 25.3 Å². The molecule has 0 amide bonds. The molecule has 1 atom stereocenters. The van der Waals surface area contributed by atoms with Gasteiger partial charge in [0.2, 0.25) is 0 Å². The van der Waals surface area contributed by atoms with Crippen LogP contribution in [0.25, 0.3) is 0 Å². The topological polar surface area (TPSA) is 43.4 Å². The molecule has 1 aliphatic heterocycles. The lowest BCUT2D eigenvalue weighted by Gasteiger charge is -2.37. The maximum Gasteiger partial charge on any atom is 0.173 e. The van der Waals surface area contributed by atoms with E-state index in [9.17, 15) is 9.59 Å². The van der Waals surface area contributed by atoms with Gasteiger partial charge in [0.05, 0.1) is 12.0 Å². The second-order valence-corrected chi connectivity index (χ2v) is 6.20. The predicted molar refractivity (Wildman–Crippen MR) is 75.2 cm³/mol. The average molecular weight is 270 g/mol.